The normalized spacial score (nSPS) is 10.0. The summed E-state index contributed by atoms with van der Waals surface area (Å²) in [6.07, 6.45) is 5.65. The van der Waals surface area contributed by atoms with Crippen molar-refractivity contribution < 1.29 is 9.67 Å². The first-order valence-corrected chi connectivity index (χ1v) is 3.85. The van der Waals surface area contributed by atoms with E-state index in [2.05, 4.69) is 12.1 Å². The molecule has 0 aliphatic heterocycles. The van der Waals surface area contributed by atoms with Gasteiger partial charge in [-0.1, -0.05) is 0 Å². The number of nitrogens with zero attached hydrogens (tertiary/aromatic N) is 1. The van der Waals surface area contributed by atoms with Gasteiger partial charge in [-0.15, -0.1) is 0 Å². The van der Waals surface area contributed by atoms with Crippen molar-refractivity contribution in [3.63, 3.8) is 0 Å². The van der Waals surface area contributed by atoms with Crippen LogP contribution in [0.3, 0.4) is 0 Å². The topological polar surface area (TPSA) is 23.8 Å². The van der Waals surface area contributed by atoms with E-state index in [4.69, 9.17) is 0 Å². The molecule has 1 radical (unpaired) electrons. The molecule has 0 spiro atoms. The van der Waals surface area contributed by atoms with Crippen LogP contribution in [0, 0.1) is 0 Å². The molecule has 1 rings (SSSR count). The second kappa shape index (κ2) is 4.09. The molecule has 0 amide bonds. The van der Waals surface area contributed by atoms with E-state index in [-0.39, 0.29) is 6.61 Å². The third kappa shape index (κ3) is 2.68. The highest BCUT2D eigenvalue weighted by atomic mass is 16.2. The highest BCUT2D eigenvalue weighted by Crippen LogP contribution is 1.98. The molecule has 0 atom stereocenters. The van der Waals surface area contributed by atoms with Crippen LogP contribution in [0.4, 0.5) is 0 Å². The smallest absolute Gasteiger partial charge is 0.168 e. The second-order valence-electron chi connectivity index (χ2n) is 2.68. The number of hydrogen-bond donors (Lipinski definition) is 0. The van der Waals surface area contributed by atoms with Crippen molar-refractivity contribution >= 4 is 0 Å². The second-order valence-corrected chi connectivity index (χ2v) is 2.68. The van der Waals surface area contributed by atoms with Crippen LogP contribution >= 0.6 is 0 Å². The monoisotopic (exact) mass is 151 g/mol. The van der Waals surface area contributed by atoms with E-state index in [1.54, 1.807) is 0 Å². The van der Waals surface area contributed by atoms with Crippen molar-refractivity contribution in [2.45, 2.75) is 12.8 Å². The van der Waals surface area contributed by atoms with Gasteiger partial charge in [0.1, 0.15) is 7.05 Å². The van der Waals surface area contributed by atoms with Crippen molar-refractivity contribution in [3.05, 3.63) is 30.1 Å². The number of pyridine rings is 1. The maximum absolute atomic E-state index is 10.2. The SMILES string of the molecule is C[n+]1ccc(CCC[O])cc1. The van der Waals surface area contributed by atoms with Crippen LogP contribution in [0.15, 0.2) is 24.5 Å². The fourth-order valence-corrected chi connectivity index (χ4v) is 0.975. The van der Waals surface area contributed by atoms with Crippen LogP contribution in [0.25, 0.3) is 0 Å². The summed E-state index contributed by atoms with van der Waals surface area (Å²) >= 11 is 0. The molecule has 0 unspecified atom stereocenters. The zero-order valence-corrected chi connectivity index (χ0v) is 6.79. The molecule has 0 aromatic carbocycles. The Bertz CT molecular complexity index is 205. The maximum Gasteiger partial charge on any atom is 0.168 e. The Kier molecular flexibility index (Phi) is 3.05. The Hall–Kier alpha value is -0.890. The molecular weight excluding hydrogens is 138 g/mol. The Morgan fingerprint density at radius 3 is 2.55 bits per heavy atom. The van der Waals surface area contributed by atoms with E-state index in [1.807, 2.05) is 24.0 Å². The molecular formula is C9H13NO+. The lowest BCUT2D eigenvalue weighted by molar-refractivity contribution is -0.671. The van der Waals surface area contributed by atoms with Gasteiger partial charge in [0.2, 0.25) is 0 Å². The minimum absolute atomic E-state index is 0.0288. The fourth-order valence-electron chi connectivity index (χ4n) is 0.975. The van der Waals surface area contributed by atoms with Gasteiger partial charge in [0, 0.05) is 12.1 Å². The largest absolute Gasteiger partial charge is 0.237 e. The van der Waals surface area contributed by atoms with Crippen LogP contribution in [-0.2, 0) is 18.6 Å². The molecule has 59 valence electrons. The molecule has 0 aliphatic carbocycles. The average Bonchev–Trinajstić information content (AvgIpc) is 2.04. The van der Waals surface area contributed by atoms with Gasteiger partial charge < -0.3 is 0 Å². The van der Waals surface area contributed by atoms with Gasteiger partial charge in [-0.3, -0.25) is 0 Å². The van der Waals surface area contributed by atoms with Crippen LogP contribution in [0.5, 0.6) is 0 Å². The lowest BCUT2D eigenvalue weighted by Gasteiger charge is -1.95. The van der Waals surface area contributed by atoms with Crippen molar-refractivity contribution in [3.8, 4) is 0 Å². The van der Waals surface area contributed by atoms with Crippen LogP contribution < -0.4 is 4.57 Å². The zero-order valence-electron chi connectivity index (χ0n) is 6.79. The standard InChI is InChI=1S/C9H13NO/c1-10-6-4-9(5-7-10)3-2-8-11/h4-7H,2-3,8H2,1H3/q+1. The van der Waals surface area contributed by atoms with Crippen molar-refractivity contribution in [2.75, 3.05) is 6.61 Å². The molecule has 1 heterocycles. The molecule has 0 aliphatic rings. The van der Waals surface area contributed by atoms with E-state index in [1.165, 1.54) is 5.56 Å². The predicted molar refractivity (Wildman–Crippen MR) is 41.5 cm³/mol. The summed E-state index contributed by atoms with van der Waals surface area (Å²) in [4.78, 5) is 0. The number of rotatable bonds is 3. The summed E-state index contributed by atoms with van der Waals surface area (Å²) in [5, 5.41) is 10.2. The highest BCUT2D eigenvalue weighted by Gasteiger charge is 1.94. The fraction of sp³-hybridized carbons (Fsp3) is 0.444. The van der Waals surface area contributed by atoms with Gasteiger partial charge in [-0.2, -0.15) is 0 Å². The molecule has 0 N–H and O–H groups in total. The molecule has 0 saturated heterocycles. The van der Waals surface area contributed by atoms with E-state index >= 15 is 0 Å². The van der Waals surface area contributed by atoms with Crippen LogP contribution in [0.2, 0.25) is 0 Å². The number of hydrogen-bond acceptors (Lipinski definition) is 0. The highest BCUT2D eigenvalue weighted by molar-refractivity contribution is 5.06. The maximum atomic E-state index is 10.2. The average molecular weight is 151 g/mol. The van der Waals surface area contributed by atoms with E-state index in [0.717, 1.165) is 12.8 Å². The first-order chi connectivity index (χ1) is 5.33. The molecule has 1 aromatic rings. The van der Waals surface area contributed by atoms with Gasteiger partial charge in [0.05, 0.1) is 6.61 Å². The lowest BCUT2D eigenvalue weighted by Crippen LogP contribution is -2.25. The van der Waals surface area contributed by atoms with Crippen LogP contribution in [-0.4, -0.2) is 6.61 Å². The molecule has 1 aromatic heterocycles. The van der Waals surface area contributed by atoms with Crippen molar-refractivity contribution in [1.82, 2.24) is 0 Å². The Labute approximate surface area is 67.1 Å². The molecule has 2 heteroatoms. The Morgan fingerprint density at radius 1 is 1.36 bits per heavy atom. The molecule has 0 saturated carbocycles. The third-order valence-corrected chi connectivity index (χ3v) is 1.66. The summed E-state index contributed by atoms with van der Waals surface area (Å²) in [6, 6.07) is 4.10. The number of aromatic nitrogens is 1. The first kappa shape index (κ1) is 8.21. The minimum atomic E-state index is 0.0288. The van der Waals surface area contributed by atoms with Gasteiger partial charge in [-0.05, 0) is 18.4 Å². The summed E-state index contributed by atoms with van der Waals surface area (Å²) in [5.41, 5.74) is 1.25. The van der Waals surface area contributed by atoms with Gasteiger partial charge in [-0.25, -0.2) is 9.67 Å². The molecule has 2 nitrogen and oxygen atoms in total. The summed E-state index contributed by atoms with van der Waals surface area (Å²) in [5.74, 6) is 0. The Morgan fingerprint density at radius 2 is 2.00 bits per heavy atom. The van der Waals surface area contributed by atoms with Crippen molar-refractivity contribution in [2.24, 2.45) is 7.05 Å². The minimum Gasteiger partial charge on any atom is -0.237 e. The van der Waals surface area contributed by atoms with Crippen LogP contribution in [0.1, 0.15) is 12.0 Å². The van der Waals surface area contributed by atoms with E-state index in [0.29, 0.717) is 0 Å². The first-order valence-electron chi connectivity index (χ1n) is 3.85. The van der Waals surface area contributed by atoms with E-state index in [9.17, 15) is 5.11 Å². The van der Waals surface area contributed by atoms with Gasteiger partial charge in [0.15, 0.2) is 12.4 Å². The summed E-state index contributed by atoms with van der Waals surface area (Å²) in [6.45, 7) is 0.0288. The van der Waals surface area contributed by atoms with Gasteiger partial charge >= 0.3 is 0 Å². The number of aryl methyl sites for hydroxylation is 2. The summed E-state index contributed by atoms with van der Waals surface area (Å²) in [7, 11) is 1.98. The molecule has 0 bridgehead atoms. The third-order valence-electron chi connectivity index (χ3n) is 1.66. The predicted octanol–water partition coefficient (Wildman–Crippen LogP) is 0.874. The summed E-state index contributed by atoms with van der Waals surface area (Å²) < 4.78 is 1.99. The Balaban J connectivity index is 2.52. The molecule has 0 fully saturated rings. The zero-order chi connectivity index (χ0) is 8.10. The quantitative estimate of drug-likeness (QED) is 0.572. The lowest BCUT2D eigenvalue weighted by atomic mass is 10.1. The van der Waals surface area contributed by atoms with Gasteiger partial charge in [0.25, 0.3) is 0 Å². The van der Waals surface area contributed by atoms with E-state index < -0.39 is 0 Å². The van der Waals surface area contributed by atoms with Crippen molar-refractivity contribution in [1.29, 1.82) is 0 Å². The molecule has 11 heavy (non-hydrogen) atoms.